The zero-order valence-corrected chi connectivity index (χ0v) is 12.8. The van der Waals surface area contributed by atoms with E-state index in [1.165, 1.54) is 25.8 Å². The number of carbonyl (C=O) groups excluding carboxylic acids is 1. The van der Waals surface area contributed by atoms with Crippen LogP contribution in [0.4, 0.5) is 0 Å². The molecule has 2 aliphatic heterocycles. The molecule has 0 aromatic heterocycles. The summed E-state index contributed by atoms with van der Waals surface area (Å²) in [5.74, 6) is 0.147. The maximum Gasteiger partial charge on any atom is 0.221 e. The maximum atomic E-state index is 11.9. The number of hydrogen-bond acceptors (Lipinski definition) is 4. The first-order chi connectivity index (χ1) is 9.74. The van der Waals surface area contributed by atoms with E-state index in [2.05, 4.69) is 22.0 Å². The molecule has 2 unspecified atom stereocenters. The number of piperidine rings is 1. The van der Waals surface area contributed by atoms with Crippen molar-refractivity contribution in [2.45, 2.75) is 51.1 Å². The summed E-state index contributed by atoms with van der Waals surface area (Å²) in [4.78, 5) is 17.0. The topological polar surface area (TPSA) is 61.6 Å². The molecule has 3 N–H and O–H groups in total. The van der Waals surface area contributed by atoms with Crippen LogP contribution < -0.4 is 11.1 Å². The summed E-state index contributed by atoms with van der Waals surface area (Å²) in [7, 11) is 0. The monoisotopic (exact) mass is 282 g/mol. The fourth-order valence-corrected chi connectivity index (χ4v) is 3.42. The molecular formula is C15H30N4O. The Kier molecular flexibility index (Phi) is 6.26. The van der Waals surface area contributed by atoms with Crippen LogP contribution >= 0.6 is 0 Å². The van der Waals surface area contributed by atoms with Crippen LogP contribution in [0.1, 0.15) is 39.0 Å². The molecule has 1 amide bonds. The largest absolute Gasteiger partial charge is 0.356 e. The van der Waals surface area contributed by atoms with Gasteiger partial charge in [-0.3, -0.25) is 14.6 Å². The van der Waals surface area contributed by atoms with Gasteiger partial charge in [0, 0.05) is 51.2 Å². The summed E-state index contributed by atoms with van der Waals surface area (Å²) in [6.45, 7) is 7.95. The van der Waals surface area contributed by atoms with Crippen LogP contribution in [0.25, 0.3) is 0 Å². The minimum atomic E-state index is 0.147. The van der Waals surface area contributed by atoms with Crippen molar-refractivity contribution in [2.75, 3.05) is 39.3 Å². The molecule has 2 fully saturated rings. The number of rotatable bonds is 6. The first-order valence-corrected chi connectivity index (χ1v) is 8.19. The van der Waals surface area contributed by atoms with Crippen molar-refractivity contribution in [2.24, 2.45) is 5.73 Å². The molecule has 2 rings (SSSR count). The van der Waals surface area contributed by atoms with Crippen LogP contribution in [0.2, 0.25) is 0 Å². The van der Waals surface area contributed by atoms with E-state index in [4.69, 9.17) is 5.73 Å². The third-order valence-corrected chi connectivity index (χ3v) is 4.65. The minimum absolute atomic E-state index is 0.147. The number of hydrogen-bond donors (Lipinski definition) is 2. The van der Waals surface area contributed by atoms with Gasteiger partial charge in [-0.15, -0.1) is 0 Å². The lowest BCUT2D eigenvalue weighted by atomic mass is 9.98. The predicted octanol–water partition coefficient (Wildman–Crippen LogP) is 0.400. The first kappa shape index (κ1) is 15.7. The number of nitrogens with two attached hydrogens (primary N) is 1. The summed E-state index contributed by atoms with van der Waals surface area (Å²) in [6, 6.07) is 0.890. The third kappa shape index (κ3) is 4.17. The summed E-state index contributed by atoms with van der Waals surface area (Å²) < 4.78 is 0. The van der Waals surface area contributed by atoms with Gasteiger partial charge in [-0.2, -0.15) is 0 Å². The van der Waals surface area contributed by atoms with Gasteiger partial charge in [0.1, 0.15) is 0 Å². The average molecular weight is 282 g/mol. The zero-order valence-electron chi connectivity index (χ0n) is 12.8. The zero-order chi connectivity index (χ0) is 14.4. The second kappa shape index (κ2) is 7.96. The first-order valence-electron chi connectivity index (χ1n) is 8.19. The van der Waals surface area contributed by atoms with E-state index in [1.54, 1.807) is 0 Å². The molecular weight excluding hydrogens is 252 g/mol. The minimum Gasteiger partial charge on any atom is -0.356 e. The van der Waals surface area contributed by atoms with Crippen LogP contribution in [0.15, 0.2) is 0 Å². The van der Waals surface area contributed by atoms with E-state index >= 15 is 0 Å². The van der Waals surface area contributed by atoms with Gasteiger partial charge in [-0.25, -0.2) is 0 Å². The molecule has 2 saturated heterocycles. The number of amides is 1. The Balaban J connectivity index is 1.83. The lowest BCUT2D eigenvalue weighted by Crippen LogP contribution is -2.58. The number of piperazine rings is 1. The van der Waals surface area contributed by atoms with Gasteiger partial charge in [0.15, 0.2) is 0 Å². The smallest absolute Gasteiger partial charge is 0.221 e. The molecule has 0 aromatic rings. The lowest BCUT2D eigenvalue weighted by Gasteiger charge is -2.46. The Bertz CT molecular complexity index is 310. The third-order valence-electron chi connectivity index (χ3n) is 4.65. The second-order valence-corrected chi connectivity index (χ2v) is 6.12. The summed E-state index contributed by atoms with van der Waals surface area (Å²) in [5.41, 5.74) is 5.91. The number of fused-ring (bicyclic) bond motifs is 1. The number of carbonyl (C=O) groups is 1. The van der Waals surface area contributed by atoms with Crippen LogP contribution in [0.3, 0.4) is 0 Å². The van der Waals surface area contributed by atoms with Crippen molar-refractivity contribution in [3.63, 3.8) is 0 Å². The number of nitrogens with zero attached hydrogens (tertiary/aromatic N) is 2. The van der Waals surface area contributed by atoms with Gasteiger partial charge in [0.05, 0.1) is 0 Å². The molecule has 20 heavy (non-hydrogen) atoms. The predicted molar refractivity (Wildman–Crippen MR) is 81.5 cm³/mol. The van der Waals surface area contributed by atoms with Crippen molar-refractivity contribution in [3.8, 4) is 0 Å². The molecule has 0 bridgehead atoms. The van der Waals surface area contributed by atoms with Crippen LogP contribution in [-0.4, -0.2) is 67.1 Å². The van der Waals surface area contributed by atoms with E-state index < -0.39 is 0 Å². The average Bonchev–Trinajstić information content (AvgIpc) is 2.50. The Morgan fingerprint density at radius 2 is 2.20 bits per heavy atom. The Labute approximate surface area is 122 Å². The number of nitrogens with one attached hydrogen (secondary N) is 1. The summed E-state index contributed by atoms with van der Waals surface area (Å²) in [6.07, 6.45) is 5.52. The van der Waals surface area contributed by atoms with E-state index in [1.807, 2.05) is 0 Å². The van der Waals surface area contributed by atoms with Gasteiger partial charge in [-0.05, 0) is 25.8 Å². The highest BCUT2D eigenvalue weighted by Gasteiger charge is 2.32. The fraction of sp³-hybridized carbons (Fsp3) is 0.933. The van der Waals surface area contributed by atoms with Gasteiger partial charge in [-0.1, -0.05) is 13.3 Å². The molecule has 0 aromatic carbocycles. The van der Waals surface area contributed by atoms with Crippen molar-refractivity contribution in [3.05, 3.63) is 0 Å². The Morgan fingerprint density at radius 1 is 1.35 bits per heavy atom. The molecule has 0 saturated carbocycles. The van der Waals surface area contributed by atoms with Crippen molar-refractivity contribution in [1.29, 1.82) is 0 Å². The molecule has 0 radical (unpaired) electrons. The summed E-state index contributed by atoms with van der Waals surface area (Å²) >= 11 is 0. The molecule has 0 aliphatic carbocycles. The molecule has 5 heteroatoms. The van der Waals surface area contributed by atoms with Crippen molar-refractivity contribution in [1.82, 2.24) is 15.1 Å². The molecule has 2 atom stereocenters. The molecule has 2 aliphatic rings. The highest BCUT2D eigenvalue weighted by molar-refractivity contribution is 5.76. The van der Waals surface area contributed by atoms with Gasteiger partial charge < -0.3 is 11.1 Å². The SMILES string of the molecule is CCCNC(=O)CC(CN)N1CCN2CCCCC2C1. The fourth-order valence-electron chi connectivity index (χ4n) is 3.42. The van der Waals surface area contributed by atoms with Gasteiger partial charge in [0.25, 0.3) is 0 Å². The van der Waals surface area contributed by atoms with Gasteiger partial charge in [0.2, 0.25) is 5.91 Å². The standard InChI is InChI=1S/C15H30N4O/c1-2-6-17-15(20)10-14(11-16)19-9-8-18-7-4-3-5-13(18)12-19/h13-14H,2-12,16H2,1H3,(H,17,20). The van der Waals surface area contributed by atoms with Crippen molar-refractivity contribution >= 4 is 5.91 Å². The Morgan fingerprint density at radius 3 is 2.95 bits per heavy atom. The quantitative estimate of drug-likeness (QED) is 0.740. The second-order valence-electron chi connectivity index (χ2n) is 6.12. The molecule has 2 heterocycles. The molecule has 116 valence electrons. The molecule has 0 spiro atoms. The lowest BCUT2D eigenvalue weighted by molar-refractivity contribution is -0.122. The highest BCUT2D eigenvalue weighted by Crippen LogP contribution is 2.22. The van der Waals surface area contributed by atoms with Crippen molar-refractivity contribution < 1.29 is 4.79 Å². The van der Waals surface area contributed by atoms with Crippen LogP contribution in [0, 0.1) is 0 Å². The molecule has 5 nitrogen and oxygen atoms in total. The van der Waals surface area contributed by atoms with E-state index in [0.717, 1.165) is 32.6 Å². The van der Waals surface area contributed by atoms with Crippen LogP contribution in [0.5, 0.6) is 0 Å². The van der Waals surface area contributed by atoms with E-state index in [9.17, 15) is 4.79 Å². The highest BCUT2D eigenvalue weighted by atomic mass is 16.1. The van der Waals surface area contributed by atoms with E-state index in [-0.39, 0.29) is 11.9 Å². The maximum absolute atomic E-state index is 11.9. The van der Waals surface area contributed by atoms with Gasteiger partial charge >= 0.3 is 0 Å². The Hall–Kier alpha value is -0.650. The normalized spacial score (nSPS) is 26.0. The van der Waals surface area contributed by atoms with Crippen LogP contribution in [-0.2, 0) is 4.79 Å². The summed E-state index contributed by atoms with van der Waals surface area (Å²) in [5, 5.41) is 2.96. The van der Waals surface area contributed by atoms with E-state index in [0.29, 0.717) is 19.0 Å².